The van der Waals surface area contributed by atoms with Gasteiger partial charge in [0.25, 0.3) is 0 Å². The average Bonchev–Trinajstić information content (AvgIpc) is 3.78. The lowest BCUT2D eigenvalue weighted by molar-refractivity contribution is 0.671. The summed E-state index contributed by atoms with van der Waals surface area (Å²) in [6.07, 6.45) is 0. The molecule has 0 spiro atoms. The molecule has 5 heteroatoms. The summed E-state index contributed by atoms with van der Waals surface area (Å²) < 4.78 is 10.1. The molecule has 210 valence electrons. The first-order valence-corrected chi connectivity index (χ1v) is 15.8. The number of fused-ring (bicyclic) bond motifs is 10. The standard InChI is InChI=1S/C40H23N3OS/c1-2-10-24(11-3-1)36-35-31-14-6-9-17-34(31)45-40(35)42-39(41-36)25-18-20-26(21-19-25)43-32-15-7-4-12-27(32)29-22-23-30-28-13-5-8-16-33(28)44-38(30)37(29)43/h1-23H. The van der Waals surface area contributed by atoms with Crippen molar-refractivity contribution in [2.45, 2.75) is 0 Å². The number of aromatic nitrogens is 3. The van der Waals surface area contributed by atoms with Crippen LogP contribution in [0.4, 0.5) is 0 Å². The van der Waals surface area contributed by atoms with E-state index < -0.39 is 0 Å². The van der Waals surface area contributed by atoms with Gasteiger partial charge in [-0.25, -0.2) is 9.97 Å². The third-order valence-electron chi connectivity index (χ3n) is 8.85. The fourth-order valence-corrected chi connectivity index (χ4v) is 7.89. The van der Waals surface area contributed by atoms with Gasteiger partial charge in [0.1, 0.15) is 10.4 Å². The molecular weight excluding hydrogens is 571 g/mol. The molecule has 0 unspecified atom stereocenters. The number of rotatable bonds is 3. The van der Waals surface area contributed by atoms with Crippen LogP contribution in [0.5, 0.6) is 0 Å². The lowest BCUT2D eigenvalue weighted by atomic mass is 10.1. The minimum atomic E-state index is 0.723. The smallest absolute Gasteiger partial charge is 0.161 e. The predicted octanol–water partition coefficient (Wildman–Crippen LogP) is 11.2. The van der Waals surface area contributed by atoms with Gasteiger partial charge < -0.3 is 8.98 Å². The largest absolute Gasteiger partial charge is 0.454 e. The lowest BCUT2D eigenvalue weighted by Crippen LogP contribution is -1.96. The van der Waals surface area contributed by atoms with Crippen molar-refractivity contribution in [1.29, 1.82) is 0 Å². The van der Waals surface area contributed by atoms with Crippen molar-refractivity contribution in [2.24, 2.45) is 0 Å². The second kappa shape index (κ2) is 9.36. The van der Waals surface area contributed by atoms with Gasteiger partial charge in [0.2, 0.25) is 0 Å². The van der Waals surface area contributed by atoms with Gasteiger partial charge in [0, 0.05) is 53.8 Å². The highest BCUT2D eigenvalue weighted by molar-refractivity contribution is 7.25. The third-order valence-corrected chi connectivity index (χ3v) is 9.91. The summed E-state index contributed by atoms with van der Waals surface area (Å²) in [7, 11) is 0. The van der Waals surface area contributed by atoms with E-state index in [1.165, 1.54) is 20.9 Å². The Hall–Kier alpha value is -5.78. The maximum absolute atomic E-state index is 6.53. The fraction of sp³-hybridized carbons (Fsp3) is 0. The van der Waals surface area contributed by atoms with E-state index in [2.05, 4.69) is 126 Å². The number of nitrogens with zero attached hydrogens (tertiary/aromatic N) is 3. The molecule has 4 heterocycles. The van der Waals surface area contributed by atoms with E-state index in [4.69, 9.17) is 14.4 Å². The minimum Gasteiger partial charge on any atom is -0.454 e. The zero-order chi connectivity index (χ0) is 29.5. The summed E-state index contributed by atoms with van der Waals surface area (Å²) in [6, 6.07) is 48.8. The van der Waals surface area contributed by atoms with Gasteiger partial charge in [-0.3, -0.25) is 0 Å². The highest BCUT2D eigenvalue weighted by Gasteiger charge is 2.20. The molecule has 10 aromatic rings. The van der Waals surface area contributed by atoms with Crippen LogP contribution in [0.25, 0.3) is 92.4 Å². The zero-order valence-electron chi connectivity index (χ0n) is 23.9. The Balaban J connectivity index is 1.19. The monoisotopic (exact) mass is 593 g/mol. The minimum absolute atomic E-state index is 0.723. The molecule has 0 aliphatic carbocycles. The molecule has 0 saturated heterocycles. The second-order valence-corrected chi connectivity index (χ2v) is 12.4. The van der Waals surface area contributed by atoms with Crippen LogP contribution in [-0.2, 0) is 0 Å². The molecule has 0 amide bonds. The van der Waals surface area contributed by atoms with Gasteiger partial charge in [0.05, 0.1) is 16.7 Å². The number of furan rings is 1. The van der Waals surface area contributed by atoms with Crippen molar-refractivity contribution in [3.05, 3.63) is 140 Å². The zero-order valence-corrected chi connectivity index (χ0v) is 24.8. The number of benzene rings is 6. The summed E-state index contributed by atoms with van der Waals surface area (Å²) >= 11 is 1.72. The summed E-state index contributed by atoms with van der Waals surface area (Å²) in [5.74, 6) is 0.723. The van der Waals surface area contributed by atoms with Crippen molar-refractivity contribution in [1.82, 2.24) is 14.5 Å². The van der Waals surface area contributed by atoms with Crippen molar-refractivity contribution in [2.75, 3.05) is 0 Å². The van der Waals surface area contributed by atoms with Crippen LogP contribution in [0.2, 0.25) is 0 Å². The van der Waals surface area contributed by atoms with E-state index in [0.717, 1.165) is 71.5 Å². The molecule has 0 aliphatic rings. The van der Waals surface area contributed by atoms with Gasteiger partial charge in [0.15, 0.2) is 11.4 Å². The molecule has 0 aliphatic heterocycles. The van der Waals surface area contributed by atoms with Crippen LogP contribution < -0.4 is 0 Å². The van der Waals surface area contributed by atoms with E-state index >= 15 is 0 Å². The Morgan fingerprint density at radius 3 is 2.11 bits per heavy atom. The van der Waals surface area contributed by atoms with E-state index in [1.807, 2.05) is 18.2 Å². The maximum Gasteiger partial charge on any atom is 0.161 e. The maximum atomic E-state index is 6.53. The van der Waals surface area contributed by atoms with Gasteiger partial charge in [-0.2, -0.15) is 0 Å². The van der Waals surface area contributed by atoms with E-state index in [1.54, 1.807) is 11.3 Å². The number of para-hydroxylation sites is 2. The first kappa shape index (κ1) is 24.6. The molecule has 0 N–H and O–H groups in total. The second-order valence-electron chi connectivity index (χ2n) is 11.4. The Bertz CT molecular complexity index is 2750. The Morgan fingerprint density at radius 2 is 1.24 bits per heavy atom. The summed E-state index contributed by atoms with van der Waals surface area (Å²) in [4.78, 5) is 11.3. The summed E-state index contributed by atoms with van der Waals surface area (Å²) in [5.41, 5.74) is 8.11. The first-order valence-electron chi connectivity index (χ1n) is 15.0. The van der Waals surface area contributed by atoms with Gasteiger partial charge in [-0.15, -0.1) is 11.3 Å². The van der Waals surface area contributed by atoms with Crippen molar-refractivity contribution < 1.29 is 4.42 Å². The molecule has 0 atom stereocenters. The molecule has 45 heavy (non-hydrogen) atoms. The normalized spacial score (nSPS) is 12.0. The van der Waals surface area contributed by atoms with Crippen LogP contribution in [0, 0.1) is 0 Å². The van der Waals surface area contributed by atoms with Crippen LogP contribution in [0.3, 0.4) is 0 Å². The first-order chi connectivity index (χ1) is 22.3. The molecular formula is C40H23N3OS. The molecule has 0 bridgehead atoms. The van der Waals surface area contributed by atoms with E-state index in [9.17, 15) is 0 Å². The molecule has 6 aromatic carbocycles. The third kappa shape index (κ3) is 3.59. The molecule has 0 saturated carbocycles. The quantitative estimate of drug-likeness (QED) is 0.205. The van der Waals surface area contributed by atoms with Crippen LogP contribution >= 0.6 is 11.3 Å². The molecule has 0 radical (unpaired) electrons. The van der Waals surface area contributed by atoms with Gasteiger partial charge >= 0.3 is 0 Å². The fourth-order valence-electron chi connectivity index (χ4n) is 6.82. The Kier molecular flexibility index (Phi) is 5.12. The highest BCUT2D eigenvalue weighted by atomic mass is 32.1. The van der Waals surface area contributed by atoms with E-state index in [-0.39, 0.29) is 0 Å². The van der Waals surface area contributed by atoms with Crippen LogP contribution in [0.15, 0.2) is 144 Å². The predicted molar refractivity (Wildman–Crippen MR) is 187 cm³/mol. The number of hydrogen-bond donors (Lipinski definition) is 0. The Morgan fingerprint density at radius 1 is 0.533 bits per heavy atom. The van der Waals surface area contributed by atoms with Crippen molar-refractivity contribution >= 4 is 75.4 Å². The van der Waals surface area contributed by atoms with Gasteiger partial charge in [-0.05, 0) is 48.5 Å². The topological polar surface area (TPSA) is 43.9 Å². The SMILES string of the molecule is c1ccc(-c2nc(-c3ccc(-n4c5ccccc5c5ccc6c7ccccc7oc6c54)cc3)nc3sc4ccccc4c23)cc1. The average molecular weight is 594 g/mol. The highest BCUT2D eigenvalue weighted by Crippen LogP contribution is 2.41. The summed E-state index contributed by atoms with van der Waals surface area (Å²) in [5, 5.41) is 6.93. The van der Waals surface area contributed by atoms with Crippen LogP contribution in [0.1, 0.15) is 0 Å². The molecule has 0 fully saturated rings. The van der Waals surface area contributed by atoms with Crippen LogP contribution in [-0.4, -0.2) is 14.5 Å². The van der Waals surface area contributed by atoms with E-state index in [0.29, 0.717) is 0 Å². The number of hydrogen-bond acceptors (Lipinski definition) is 4. The Labute approximate surface area is 261 Å². The summed E-state index contributed by atoms with van der Waals surface area (Å²) in [6.45, 7) is 0. The number of thiophene rings is 1. The lowest BCUT2D eigenvalue weighted by Gasteiger charge is -2.10. The van der Waals surface area contributed by atoms with Gasteiger partial charge in [-0.1, -0.05) is 91.0 Å². The van der Waals surface area contributed by atoms with Crippen molar-refractivity contribution in [3.63, 3.8) is 0 Å². The molecule has 10 rings (SSSR count). The van der Waals surface area contributed by atoms with Crippen molar-refractivity contribution in [3.8, 4) is 28.3 Å². The molecule has 4 nitrogen and oxygen atoms in total. The molecule has 4 aromatic heterocycles.